The van der Waals surface area contributed by atoms with Crippen LogP contribution in [0.3, 0.4) is 0 Å². The molecule has 2 aromatic rings. The highest BCUT2D eigenvalue weighted by Gasteiger charge is 2.27. The van der Waals surface area contributed by atoms with Crippen molar-refractivity contribution in [2.45, 2.75) is 19.8 Å². The van der Waals surface area contributed by atoms with Crippen molar-refractivity contribution in [3.05, 3.63) is 70.9 Å². The van der Waals surface area contributed by atoms with E-state index in [-0.39, 0.29) is 17.5 Å². The van der Waals surface area contributed by atoms with Crippen molar-refractivity contribution in [3.8, 4) is 0 Å². The minimum Gasteiger partial charge on any atom is -0.453 e. The fourth-order valence-electron chi connectivity index (χ4n) is 2.93. The lowest BCUT2D eigenvalue weighted by atomic mass is 9.99. The van der Waals surface area contributed by atoms with Gasteiger partial charge in [-0.1, -0.05) is 30.3 Å². The van der Waals surface area contributed by atoms with E-state index in [9.17, 15) is 19.2 Å². The zero-order valence-corrected chi connectivity index (χ0v) is 16.0. The molecule has 3 rings (SSSR count). The van der Waals surface area contributed by atoms with Gasteiger partial charge < -0.3 is 15.4 Å². The zero-order valence-electron chi connectivity index (χ0n) is 16.0. The molecule has 0 radical (unpaired) electrons. The number of ketones is 1. The molecule has 0 aliphatic carbocycles. The van der Waals surface area contributed by atoms with E-state index in [1.54, 1.807) is 49.4 Å². The van der Waals surface area contributed by atoms with Gasteiger partial charge in [-0.15, -0.1) is 0 Å². The summed E-state index contributed by atoms with van der Waals surface area (Å²) >= 11 is 0. The van der Waals surface area contributed by atoms with Gasteiger partial charge in [-0.05, 0) is 42.3 Å². The van der Waals surface area contributed by atoms with Crippen molar-refractivity contribution >= 4 is 35.3 Å². The molecule has 0 bridgehead atoms. The molecule has 0 spiro atoms. The average Bonchev–Trinajstić information content (AvgIpc) is 2.99. The number of anilines is 1. The second-order valence-corrected chi connectivity index (χ2v) is 6.66. The van der Waals surface area contributed by atoms with Crippen LogP contribution in [0, 0.1) is 0 Å². The van der Waals surface area contributed by atoms with Crippen molar-refractivity contribution in [1.82, 2.24) is 5.32 Å². The number of nitrogens with one attached hydrogen (secondary N) is 2. The van der Waals surface area contributed by atoms with Crippen molar-refractivity contribution in [2.24, 2.45) is 0 Å². The second-order valence-electron chi connectivity index (χ2n) is 6.66. The topological polar surface area (TPSA) is 102 Å². The fourth-order valence-corrected chi connectivity index (χ4v) is 2.93. The maximum Gasteiger partial charge on any atom is 0.355 e. The number of ether oxygens (including phenoxy) is 1. The van der Waals surface area contributed by atoms with Crippen LogP contribution in [0.2, 0.25) is 0 Å². The number of carbonyl (C=O) groups is 4. The summed E-state index contributed by atoms with van der Waals surface area (Å²) in [4.78, 5) is 48.0. The zero-order chi connectivity index (χ0) is 21.0. The molecule has 0 saturated heterocycles. The van der Waals surface area contributed by atoms with E-state index in [1.165, 1.54) is 13.0 Å². The molecule has 2 N–H and O–H groups in total. The summed E-state index contributed by atoms with van der Waals surface area (Å²) in [6, 6.07) is 13.8. The predicted molar refractivity (Wildman–Crippen MR) is 107 cm³/mol. The van der Waals surface area contributed by atoms with Crippen molar-refractivity contribution in [2.75, 3.05) is 11.9 Å². The SMILES string of the molecule is CC(=O)N/C(=C\c1ccccc1)C(=O)OCC(=O)c1ccc2c(c1)[C@H](C)C(=O)N2. The first-order valence-corrected chi connectivity index (χ1v) is 9.04. The lowest BCUT2D eigenvalue weighted by Gasteiger charge is -2.09. The molecular formula is C22H20N2O5. The van der Waals surface area contributed by atoms with E-state index in [2.05, 4.69) is 10.6 Å². The van der Waals surface area contributed by atoms with Crippen LogP contribution in [0.1, 0.15) is 41.3 Å². The van der Waals surface area contributed by atoms with E-state index in [0.717, 1.165) is 5.56 Å². The van der Waals surface area contributed by atoms with Gasteiger partial charge in [0.15, 0.2) is 12.4 Å². The van der Waals surface area contributed by atoms with Gasteiger partial charge in [-0.3, -0.25) is 14.4 Å². The Bertz CT molecular complexity index is 1010. The van der Waals surface area contributed by atoms with E-state index < -0.39 is 24.3 Å². The van der Waals surface area contributed by atoms with Crippen molar-refractivity contribution in [3.63, 3.8) is 0 Å². The van der Waals surface area contributed by atoms with E-state index in [0.29, 0.717) is 16.8 Å². The van der Waals surface area contributed by atoms with Crippen LogP contribution < -0.4 is 10.6 Å². The second kappa shape index (κ2) is 8.52. The van der Waals surface area contributed by atoms with Gasteiger partial charge in [0, 0.05) is 18.2 Å². The predicted octanol–water partition coefficient (Wildman–Crippen LogP) is 2.65. The number of fused-ring (bicyclic) bond motifs is 1. The van der Waals surface area contributed by atoms with Crippen LogP contribution in [0.5, 0.6) is 0 Å². The molecule has 1 atom stereocenters. The Morgan fingerprint density at radius 1 is 1.14 bits per heavy atom. The highest BCUT2D eigenvalue weighted by atomic mass is 16.5. The van der Waals surface area contributed by atoms with Crippen LogP contribution in [0.4, 0.5) is 5.69 Å². The normalized spacial score (nSPS) is 15.3. The Kier molecular flexibility index (Phi) is 5.87. The molecule has 0 saturated carbocycles. The highest BCUT2D eigenvalue weighted by molar-refractivity contribution is 6.05. The summed E-state index contributed by atoms with van der Waals surface area (Å²) in [6.07, 6.45) is 1.47. The number of esters is 1. The Morgan fingerprint density at radius 2 is 1.86 bits per heavy atom. The number of hydrogen-bond donors (Lipinski definition) is 2. The molecule has 148 valence electrons. The third kappa shape index (κ3) is 4.76. The molecule has 2 aromatic carbocycles. The molecule has 1 heterocycles. The first-order chi connectivity index (χ1) is 13.8. The van der Waals surface area contributed by atoms with Crippen molar-refractivity contribution in [1.29, 1.82) is 0 Å². The molecule has 7 nitrogen and oxygen atoms in total. The molecule has 0 fully saturated rings. The Balaban J connectivity index is 1.70. The molecule has 29 heavy (non-hydrogen) atoms. The Morgan fingerprint density at radius 3 is 2.55 bits per heavy atom. The fraction of sp³-hybridized carbons (Fsp3) is 0.182. The summed E-state index contributed by atoms with van der Waals surface area (Å²) < 4.78 is 5.11. The summed E-state index contributed by atoms with van der Waals surface area (Å²) in [5.74, 6) is -2.12. The van der Waals surface area contributed by atoms with E-state index >= 15 is 0 Å². The third-order valence-corrected chi connectivity index (χ3v) is 4.47. The molecular weight excluding hydrogens is 372 g/mol. The molecule has 0 unspecified atom stereocenters. The number of benzene rings is 2. The maximum absolute atomic E-state index is 12.5. The van der Waals surface area contributed by atoms with Gasteiger partial charge in [0.05, 0.1) is 5.92 Å². The molecule has 2 amide bonds. The van der Waals surface area contributed by atoms with Gasteiger partial charge in [0.2, 0.25) is 11.8 Å². The molecule has 0 aromatic heterocycles. The first kappa shape index (κ1) is 20.0. The lowest BCUT2D eigenvalue weighted by molar-refractivity contribution is -0.139. The monoisotopic (exact) mass is 392 g/mol. The maximum atomic E-state index is 12.5. The number of amides is 2. The standard InChI is InChI=1S/C22H20N2O5/c1-13-17-11-16(8-9-18(17)24-21(13)27)20(26)12-29-22(28)19(23-14(2)25)10-15-6-4-3-5-7-15/h3-11,13H,12H2,1-2H3,(H,23,25)(H,24,27)/b19-10-/t13-/m0/s1. The van der Waals surface area contributed by atoms with Gasteiger partial charge in [0.1, 0.15) is 5.70 Å². The lowest BCUT2D eigenvalue weighted by Crippen LogP contribution is -2.27. The molecule has 7 heteroatoms. The summed E-state index contributed by atoms with van der Waals surface area (Å²) in [5, 5.41) is 5.16. The van der Waals surface area contributed by atoms with Crippen LogP contribution in [0.25, 0.3) is 6.08 Å². The van der Waals surface area contributed by atoms with Crippen LogP contribution in [-0.2, 0) is 19.1 Å². The van der Waals surface area contributed by atoms with Gasteiger partial charge >= 0.3 is 5.97 Å². The quantitative estimate of drug-likeness (QED) is 0.447. The molecule has 1 aliphatic rings. The summed E-state index contributed by atoms with van der Waals surface area (Å²) in [6.45, 7) is 2.54. The van der Waals surface area contributed by atoms with Gasteiger partial charge in [0.25, 0.3) is 0 Å². The smallest absolute Gasteiger partial charge is 0.355 e. The van der Waals surface area contributed by atoms with Crippen molar-refractivity contribution < 1.29 is 23.9 Å². The summed E-state index contributed by atoms with van der Waals surface area (Å²) in [5.41, 5.74) is 2.39. The number of carbonyl (C=O) groups excluding carboxylic acids is 4. The largest absolute Gasteiger partial charge is 0.453 e. The van der Waals surface area contributed by atoms with E-state index in [4.69, 9.17) is 4.74 Å². The average molecular weight is 392 g/mol. The number of Topliss-reactive ketones (excluding diaryl/α,β-unsaturated/α-hetero) is 1. The Labute approximate surface area is 167 Å². The van der Waals surface area contributed by atoms with Crippen LogP contribution in [0.15, 0.2) is 54.2 Å². The minimum atomic E-state index is -0.816. The number of hydrogen-bond acceptors (Lipinski definition) is 5. The highest BCUT2D eigenvalue weighted by Crippen LogP contribution is 2.32. The van der Waals surface area contributed by atoms with Crippen LogP contribution >= 0.6 is 0 Å². The van der Waals surface area contributed by atoms with Gasteiger partial charge in [-0.25, -0.2) is 4.79 Å². The summed E-state index contributed by atoms with van der Waals surface area (Å²) in [7, 11) is 0. The number of rotatable bonds is 6. The minimum absolute atomic E-state index is 0.0612. The third-order valence-electron chi connectivity index (χ3n) is 4.47. The van der Waals surface area contributed by atoms with Gasteiger partial charge in [-0.2, -0.15) is 0 Å². The van der Waals surface area contributed by atoms with E-state index in [1.807, 2.05) is 6.07 Å². The van der Waals surface area contributed by atoms with Crippen LogP contribution in [-0.4, -0.2) is 30.2 Å². The molecule has 1 aliphatic heterocycles. The first-order valence-electron chi connectivity index (χ1n) is 9.04. The Hall–Kier alpha value is -3.74.